The van der Waals surface area contributed by atoms with E-state index in [1.165, 1.54) is 0 Å². The van der Waals surface area contributed by atoms with Crippen molar-refractivity contribution in [3.05, 3.63) is 23.8 Å². The number of ether oxygens (including phenoxy) is 2. The topological polar surface area (TPSA) is 47.7 Å². The fourth-order valence-electron chi connectivity index (χ4n) is 2.03. The highest BCUT2D eigenvalue weighted by Crippen LogP contribution is 2.31. The first kappa shape index (κ1) is 16.1. The number of hydrogen-bond donors (Lipinski definition) is 1. The molecule has 1 unspecified atom stereocenters. The monoisotopic (exact) mass is 284 g/mol. The van der Waals surface area contributed by atoms with Gasteiger partial charge >= 0.3 is 0 Å². The van der Waals surface area contributed by atoms with E-state index in [0.717, 1.165) is 29.4 Å². The summed E-state index contributed by atoms with van der Waals surface area (Å²) in [5.41, 5.74) is 7.04. The van der Waals surface area contributed by atoms with Crippen LogP contribution in [-0.4, -0.2) is 51.3 Å². The molecule has 19 heavy (non-hydrogen) atoms. The Morgan fingerprint density at radius 3 is 2.58 bits per heavy atom. The summed E-state index contributed by atoms with van der Waals surface area (Å²) in [6.07, 6.45) is 2.11. The largest absolute Gasteiger partial charge is 0.497 e. The fraction of sp³-hybridized carbons (Fsp3) is 0.571. The maximum absolute atomic E-state index is 5.94. The third-order valence-electron chi connectivity index (χ3n) is 3.20. The average Bonchev–Trinajstić information content (AvgIpc) is 2.46. The van der Waals surface area contributed by atoms with Crippen molar-refractivity contribution in [1.29, 1.82) is 0 Å². The molecule has 1 atom stereocenters. The van der Waals surface area contributed by atoms with Crippen molar-refractivity contribution < 1.29 is 9.47 Å². The van der Waals surface area contributed by atoms with Crippen LogP contribution in [0.5, 0.6) is 11.5 Å². The Hall–Kier alpha value is -0.910. The summed E-state index contributed by atoms with van der Waals surface area (Å²) >= 11 is 1.84. The molecule has 0 aromatic heterocycles. The Kier molecular flexibility index (Phi) is 7.05. The minimum Gasteiger partial charge on any atom is -0.497 e. The van der Waals surface area contributed by atoms with Gasteiger partial charge in [-0.1, -0.05) is 6.07 Å². The number of methoxy groups -OCH3 is 2. The van der Waals surface area contributed by atoms with E-state index >= 15 is 0 Å². The molecule has 108 valence electrons. The second kappa shape index (κ2) is 8.30. The van der Waals surface area contributed by atoms with Gasteiger partial charge in [-0.05, 0) is 19.4 Å². The van der Waals surface area contributed by atoms with Crippen LogP contribution in [0.2, 0.25) is 0 Å². The maximum atomic E-state index is 5.94. The molecule has 0 saturated heterocycles. The summed E-state index contributed by atoms with van der Waals surface area (Å²) in [5, 5.41) is 0. The van der Waals surface area contributed by atoms with Gasteiger partial charge in [0.1, 0.15) is 11.5 Å². The smallest absolute Gasteiger partial charge is 0.127 e. The van der Waals surface area contributed by atoms with Gasteiger partial charge < -0.3 is 15.2 Å². The Labute approximate surface area is 120 Å². The molecule has 2 N–H and O–H groups in total. The minimum atomic E-state index is 0.160. The Morgan fingerprint density at radius 2 is 2.05 bits per heavy atom. The van der Waals surface area contributed by atoms with Gasteiger partial charge in [-0.15, -0.1) is 0 Å². The lowest BCUT2D eigenvalue weighted by Crippen LogP contribution is -2.32. The van der Waals surface area contributed by atoms with Crippen molar-refractivity contribution in [3.63, 3.8) is 0 Å². The van der Waals surface area contributed by atoms with Gasteiger partial charge in [-0.25, -0.2) is 0 Å². The molecule has 0 spiro atoms. The van der Waals surface area contributed by atoms with E-state index in [1.807, 2.05) is 30.0 Å². The number of hydrogen-bond acceptors (Lipinski definition) is 5. The SMILES string of the molecule is COc1ccc(C(CN)N(C)CCSC)c(OC)c1. The molecule has 1 rings (SSSR count). The van der Waals surface area contributed by atoms with Gasteiger partial charge in [-0.3, -0.25) is 4.90 Å². The van der Waals surface area contributed by atoms with Crippen molar-refractivity contribution in [2.45, 2.75) is 6.04 Å². The molecule has 0 saturated carbocycles. The van der Waals surface area contributed by atoms with Crippen LogP contribution in [0.3, 0.4) is 0 Å². The van der Waals surface area contributed by atoms with Crippen LogP contribution in [0.15, 0.2) is 18.2 Å². The van der Waals surface area contributed by atoms with Crippen LogP contribution in [0.4, 0.5) is 0 Å². The molecule has 0 fully saturated rings. The summed E-state index contributed by atoms with van der Waals surface area (Å²) in [5.74, 6) is 2.71. The summed E-state index contributed by atoms with van der Waals surface area (Å²) in [7, 11) is 5.42. The van der Waals surface area contributed by atoms with Gasteiger partial charge in [0.05, 0.1) is 20.3 Å². The first-order chi connectivity index (χ1) is 9.17. The number of rotatable bonds is 8. The van der Waals surface area contributed by atoms with Crippen LogP contribution < -0.4 is 15.2 Å². The van der Waals surface area contributed by atoms with Crippen LogP contribution >= 0.6 is 11.8 Å². The molecule has 4 nitrogen and oxygen atoms in total. The van der Waals surface area contributed by atoms with Crippen LogP contribution in [-0.2, 0) is 0 Å². The Bertz CT molecular complexity index is 388. The minimum absolute atomic E-state index is 0.160. The van der Waals surface area contributed by atoms with Gasteiger partial charge in [0.2, 0.25) is 0 Å². The highest BCUT2D eigenvalue weighted by molar-refractivity contribution is 7.98. The summed E-state index contributed by atoms with van der Waals surface area (Å²) in [6.45, 7) is 1.56. The highest BCUT2D eigenvalue weighted by atomic mass is 32.2. The zero-order valence-corrected chi connectivity index (χ0v) is 13.0. The molecular weight excluding hydrogens is 260 g/mol. The molecule has 0 bridgehead atoms. The number of thioether (sulfide) groups is 1. The summed E-state index contributed by atoms with van der Waals surface area (Å²) < 4.78 is 10.7. The Balaban J connectivity index is 2.96. The predicted molar refractivity (Wildman–Crippen MR) is 82.4 cm³/mol. The lowest BCUT2D eigenvalue weighted by Gasteiger charge is -2.28. The van der Waals surface area contributed by atoms with E-state index in [2.05, 4.69) is 18.2 Å². The number of nitrogens with zero attached hydrogens (tertiary/aromatic N) is 1. The molecule has 0 heterocycles. The number of nitrogens with two attached hydrogens (primary N) is 1. The van der Waals surface area contributed by atoms with E-state index in [-0.39, 0.29) is 6.04 Å². The summed E-state index contributed by atoms with van der Waals surface area (Å²) in [6, 6.07) is 6.04. The van der Waals surface area contributed by atoms with Crippen molar-refractivity contribution >= 4 is 11.8 Å². The normalized spacial score (nSPS) is 12.5. The molecule has 0 aliphatic heterocycles. The zero-order valence-electron chi connectivity index (χ0n) is 12.2. The lowest BCUT2D eigenvalue weighted by molar-refractivity contribution is 0.258. The average molecular weight is 284 g/mol. The van der Waals surface area contributed by atoms with Gasteiger partial charge in [0.25, 0.3) is 0 Å². The van der Waals surface area contributed by atoms with E-state index in [1.54, 1.807) is 14.2 Å². The molecule has 1 aromatic rings. The number of benzene rings is 1. The molecule has 0 aliphatic rings. The van der Waals surface area contributed by atoms with Crippen molar-refractivity contribution in [3.8, 4) is 11.5 Å². The Morgan fingerprint density at radius 1 is 1.32 bits per heavy atom. The third kappa shape index (κ3) is 4.30. The predicted octanol–water partition coefficient (Wildman–Crippen LogP) is 2.00. The zero-order chi connectivity index (χ0) is 14.3. The molecule has 0 aliphatic carbocycles. The van der Waals surface area contributed by atoms with Crippen molar-refractivity contribution in [2.24, 2.45) is 5.73 Å². The first-order valence-corrected chi connectivity index (χ1v) is 7.68. The molecule has 0 amide bonds. The second-order valence-electron chi connectivity index (χ2n) is 4.33. The maximum Gasteiger partial charge on any atom is 0.127 e. The van der Waals surface area contributed by atoms with E-state index in [0.29, 0.717) is 6.54 Å². The fourth-order valence-corrected chi connectivity index (χ4v) is 2.50. The van der Waals surface area contributed by atoms with E-state index in [4.69, 9.17) is 15.2 Å². The van der Waals surface area contributed by atoms with Crippen LogP contribution in [0, 0.1) is 0 Å². The molecular formula is C14H24N2O2S. The van der Waals surface area contributed by atoms with E-state index < -0.39 is 0 Å². The standard InChI is InChI=1S/C14H24N2O2S/c1-16(7-8-19-4)13(10-15)12-6-5-11(17-2)9-14(12)18-3/h5-6,9,13H,7-8,10,15H2,1-4H3. The molecule has 5 heteroatoms. The van der Waals surface area contributed by atoms with Gasteiger partial charge in [0.15, 0.2) is 0 Å². The summed E-state index contributed by atoms with van der Waals surface area (Å²) in [4.78, 5) is 2.26. The van der Waals surface area contributed by atoms with E-state index in [9.17, 15) is 0 Å². The second-order valence-corrected chi connectivity index (χ2v) is 5.32. The molecule has 1 aromatic carbocycles. The van der Waals surface area contributed by atoms with Crippen molar-refractivity contribution in [2.75, 3.05) is 46.4 Å². The van der Waals surface area contributed by atoms with Crippen LogP contribution in [0.25, 0.3) is 0 Å². The number of likely N-dealkylation sites (N-methyl/N-ethyl adjacent to an activating group) is 1. The lowest BCUT2D eigenvalue weighted by atomic mass is 10.0. The van der Waals surface area contributed by atoms with Gasteiger partial charge in [-0.2, -0.15) is 11.8 Å². The third-order valence-corrected chi connectivity index (χ3v) is 3.79. The van der Waals surface area contributed by atoms with Gasteiger partial charge in [0, 0.05) is 30.5 Å². The quantitative estimate of drug-likeness (QED) is 0.791. The van der Waals surface area contributed by atoms with Crippen LogP contribution in [0.1, 0.15) is 11.6 Å². The highest BCUT2D eigenvalue weighted by Gasteiger charge is 2.19. The molecule has 0 radical (unpaired) electrons. The van der Waals surface area contributed by atoms with Crippen molar-refractivity contribution in [1.82, 2.24) is 4.90 Å². The first-order valence-electron chi connectivity index (χ1n) is 6.29.